The van der Waals surface area contributed by atoms with E-state index < -0.39 is 0 Å². The van der Waals surface area contributed by atoms with E-state index in [1.807, 2.05) is 31.2 Å². The molecule has 0 bridgehead atoms. The summed E-state index contributed by atoms with van der Waals surface area (Å²) in [4.78, 5) is 11.2. The van der Waals surface area contributed by atoms with E-state index in [1.54, 1.807) is 23.7 Å². The third-order valence-corrected chi connectivity index (χ3v) is 6.19. The summed E-state index contributed by atoms with van der Waals surface area (Å²) in [6.07, 6.45) is 2.49. The highest BCUT2D eigenvalue weighted by molar-refractivity contribution is 9.10. The van der Waals surface area contributed by atoms with Gasteiger partial charge in [-0.1, -0.05) is 41.1 Å². The third-order valence-electron chi connectivity index (χ3n) is 4.42. The summed E-state index contributed by atoms with van der Waals surface area (Å²) in [7, 11) is 0. The predicted molar refractivity (Wildman–Crippen MR) is 116 cm³/mol. The number of anilines is 2. The summed E-state index contributed by atoms with van der Waals surface area (Å²) in [5.74, 6) is 0.901. The molecule has 0 saturated carbocycles. The molecular formula is C21H18BrN3OS. The molecule has 0 fully saturated rings. The number of nitrogens with zero attached hydrogens (tertiary/aromatic N) is 2. The van der Waals surface area contributed by atoms with Crippen molar-refractivity contribution >= 4 is 49.0 Å². The topological polar surface area (TPSA) is 58.0 Å². The number of aryl methyl sites for hydroxylation is 2. The number of benzene rings is 2. The maximum absolute atomic E-state index is 10.2. The summed E-state index contributed by atoms with van der Waals surface area (Å²) in [5, 5.41) is 14.5. The van der Waals surface area contributed by atoms with Crippen LogP contribution in [0.1, 0.15) is 17.4 Å². The number of aromatic nitrogens is 2. The van der Waals surface area contributed by atoms with Crippen molar-refractivity contribution in [1.29, 1.82) is 0 Å². The molecule has 0 unspecified atom stereocenters. The Hall–Kier alpha value is -2.44. The van der Waals surface area contributed by atoms with Crippen molar-refractivity contribution in [3.63, 3.8) is 0 Å². The Balaban J connectivity index is 1.92. The molecule has 2 aromatic heterocycles. The number of halogens is 1. The van der Waals surface area contributed by atoms with Gasteiger partial charge in [-0.15, -0.1) is 11.3 Å². The molecule has 0 aliphatic heterocycles. The molecule has 136 valence electrons. The van der Waals surface area contributed by atoms with Crippen molar-refractivity contribution in [2.24, 2.45) is 0 Å². The quantitative estimate of drug-likeness (QED) is 0.359. The fourth-order valence-electron chi connectivity index (χ4n) is 3.12. The van der Waals surface area contributed by atoms with Crippen LogP contribution in [-0.2, 0) is 6.42 Å². The minimum Gasteiger partial charge on any atom is -0.506 e. The number of phenols is 1. The Morgan fingerprint density at radius 2 is 1.89 bits per heavy atom. The van der Waals surface area contributed by atoms with Crippen molar-refractivity contribution in [3.8, 4) is 16.9 Å². The van der Waals surface area contributed by atoms with Crippen LogP contribution >= 0.6 is 27.3 Å². The molecule has 0 saturated heterocycles. The lowest BCUT2D eigenvalue weighted by Crippen LogP contribution is -1.96. The van der Waals surface area contributed by atoms with Crippen molar-refractivity contribution in [1.82, 2.24) is 9.97 Å². The van der Waals surface area contributed by atoms with E-state index in [9.17, 15) is 5.11 Å². The lowest BCUT2D eigenvalue weighted by atomic mass is 10.0. The van der Waals surface area contributed by atoms with E-state index in [1.165, 1.54) is 4.88 Å². The van der Waals surface area contributed by atoms with E-state index in [0.717, 1.165) is 37.8 Å². The second-order valence-corrected chi connectivity index (χ2v) is 8.31. The maximum Gasteiger partial charge on any atom is 0.143 e. The number of fused-ring (bicyclic) bond motifs is 1. The van der Waals surface area contributed by atoms with Gasteiger partial charge in [0.2, 0.25) is 0 Å². The van der Waals surface area contributed by atoms with Crippen LogP contribution in [0.4, 0.5) is 11.5 Å². The number of nitrogens with one attached hydrogen (secondary N) is 1. The molecule has 0 aliphatic carbocycles. The van der Waals surface area contributed by atoms with Gasteiger partial charge in [-0.2, -0.15) is 0 Å². The third kappa shape index (κ3) is 3.42. The van der Waals surface area contributed by atoms with Crippen molar-refractivity contribution in [3.05, 3.63) is 63.7 Å². The molecule has 27 heavy (non-hydrogen) atoms. The Bertz CT molecular complexity index is 1120. The van der Waals surface area contributed by atoms with Crippen LogP contribution in [0.15, 0.2) is 53.3 Å². The molecule has 0 atom stereocenters. The first-order chi connectivity index (χ1) is 13.1. The zero-order chi connectivity index (χ0) is 19.0. The zero-order valence-corrected chi connectivity index (χ0v) is 17.4. The number of hydrogen-bond donors (Lipinski definition) is 2. The number of phenolic OH excluding ortho intramolecular Hbond substituents is 1. The summed E-state index contributed by atoms with van der Waals surface area (Å²) >= 11 is 5.19. The smallest absolute Gasteiger partial charge is 0.143 e. The molecule has 2 aromatic carbocycles. The second kappa shape index (κ2) is 7.29. The number of hydrogen-bond acceptors (Lipinski definition) is 5. The van der Waals surface area contributed by atoms with Gasteiger partial charge in [-0.25, -0.2) is 9.97 Å². The Labute approximate surface area is 170 Å². The van der Waals surface area contributed by atoms with E-state index in [4.69, 9.17) is 0 Å². The van der Waals surface area contributed by atoms with Crippen molar-refractivity contribution in [2.75, 3.05) is 5.32 Å². The Kier molecular flexibility index (Phi) is 4.85. The molecule has 0 radical (unpaired) electrons. The first kappa shape index (κ1) is 17.9. The summed E-state index contributed by atoms with van der Waals surface area (Å²) in [5.41, 5.74) is 3.99. The predicted octanol–water partition coefficient (Wildman–Crippen LogP) is 6.44. The number of aromatic hydroxyl groups is 1. The van der Waals surface area contributed by atoms with E-state index in [2.05, 4.69) is 50.3 Å². The average Bonchev–Trinajstić information content (AvgIpc) is 3.05. The monoisotopic (exact) mass is 439 g/mol. The highest BCUT2D eigenvalue weighted by Gasteiger charge is 2.18. The zero-order valence-electron chi connectivity index (χ0n) is 15.0. The lowest BCUT2D eigenvalue weighted by molar-refractivity contribution is 0.477. The number of rotatable bonds is 4. The normalized spacial score (nSPS) is 11.1. The summed E-state index contributed by atoms with van der Waals surface area (Å²) in [6.45, 7) is 4.15. The lowest BCUT2D eigenvalue weighted by Gasteiger charge is -2.11. The molecule has 0 aliphatic rings. The van der Waals surface area contributed by atoms with Crippen LogP contribution in [-0.4, -0.2) is 15.1 Å². The molecule has 2 N–H and O–H groups in total. The highest BCUT2D eigenvalue weighted by atomic mass is 79.9. The molecular weight excluding hydrogens is 422 g/mol. The average molecular weight is 440 g/mol. The summed E-state index contributed by atoms with van der Waals surface area (Å²) < 4.78 is 1.04. The first-order valence-electron chi connectivity index (χ1n) is 8.65. The molecule has 4 nitrogen and oxygen atoms in total. The fraction of sp³-hybridized carbons (Fsp3) is 0.143. The molecule has 4 rings (SSSR count). The first-order valence-corrected chi connectivity index (χ1v) is 10.3. The van der Waals surface area contributed by atoms with Gasteiger partial charge in [0.15, 0.2) is 0 Å². The van der Waals surface area contributed by atoms with E-state index in [-0.39, 0.29) is 5.75 Å². The minimum absolute atomic E-state index is 0.198. The maximum atomic E-state index is 10.2. The largest absolute Gasteiger partial charge is 0.506 e. The Morgan fingerprint density at radius 1 is 1.11 bits per heavy atom. The van der Waals surface area contributed by atoms with Crippen LogP contribution in [0.5, 0.6) is 5.75 Å². The van der Waals surface area contributed by atoms with Gasteiger partial charge in [-0.05, 0) is 48.7 Å². The highest BCUT2D eigenvalue weighted by Crippen LogP contribution is 2.42. The second-order valence-electron chi connectivity index (χ2n) is 6.31. The fourth-order valence-corrected chi connectivity index (χ4v) is 4.49. The van der Waals surface area contributed by atoms with Gasteiger partial charge >= 0.3 is 0 Å². The molecule has 6 heteroatoms. The van der Waals surface area contributed by atoms with Crippen LogP contribution in [0.2, 0.25) is 0 Å². The van der Waals surface area contributed by atoms with Crippen molar-refractivity contribution in [2.45, 2.75) is 20.3 Å². The molecule has 0 spiro atoms. The van der Waals surface area contributed by atoms with E-state index in [0.29, 0.717) is 11.5 Å². The SMILES string of the molecule is CCc1sc2ncnc(Nc3cc(C)ccc3O)c2c1-c1ccc(Br)cc1. The molecule has 2 heterocycles. The van der Waals surface area contributed by atoms with E-state index >= 15 is 0 Å². The van der Waals surface area contributed by atoms with Gasteiger partial charge in [-0.3, -0.25) is 0 Å². The van der Waals surface area contributed by atoms with Gasteiger partial charge in [0.25, 0.3) is 0 Å². The minimum atomic E-state index is 0.198. The van der Waals surface area contributed by atoms with Crippen LogP contribution in [0.3, 0.4) is 0 Å². The van der Waals surface area contributed by atoms with Gasteiger partial charge in [0.05, 0.1) is 11.1 Å². The van der Waals surface area contributed by atoms with Gasteiger partial charge in [0.1, 0.15) is 22.7 Å². The molecule has 4 aromatic rings. The van der Waals surface area contributed by atoms with Crippen LogP contribution in [0, 0.1) is 6.92 Å². The number of thiophene rings is 1. The summed E-state index contributed by atoms with van der Waals surface area (Å²) in [6, 6.07) is 13.8. The van der Waals surface area contributed by atoms with Crippen molar-refractivity contribution < 1.29 is 5.11 Å². The molecule has 0 amide bonds. The van der Waals surface area contributed by atoms with Gasteiger partial charge < -0.3 is 10.4 Å². The standard InChI is InChI=1S/C21H18BrN3OS/c1-3-17-18(13-5-7-14(22)8-6-13)19-20(23-11-24-21(19)27-17)25-15-10-12(2)4-9-16(15)26/h4-11,26H,3H2,1-2H3,(H,23,24,25). The van der Waals surface area contributed by atoms with Gasteiger partial charge in [0, 0.05) is 14.9 Å². The van der Waals surface area contributed by atoms with Crippen LogP contribution in [0.25, 0.3) is 21.3 Å². The Morgan fingerprint density at radius 3 is 2.63 bits per heavy atom. The van der Waals surface area contributed by atoms with Crippen LogP contribution < -0.4 is 5.32 Å².